The zero-order chi connectivity index (χ0) is 14.4. The Bertz CT molecular complexity index is 501. The fourth-order valence-corrected chi connectivity index (χ4v) is 2.32. The van der Waals surface area contributed by atoms with E-state index in [9.17, 15) is 4.79 Å². The van der Waals surface area contributed by atoms with Crippen molar-refractivity contribution in [1.82, 2.24) is 15.5 Å². The lowest BCUT2D eigenvalue weighted by molar-refractivity contribution is 0.213. The van der Waals surface area contributed by atoms with Crippen LogP contribution in [0, 0.1) is 11.3 Å². The second-order valence-electron chi connectivity index (χ2n) is 5.22. The van der Waals surface area contributed by atoms with E-state index in [0.29, 0.717) is 12.1 Å². The Morgan fingerprint density at radius 2 is 2.20 bits per heavy atom. The van der Waals surface area contributed by atoms with Crippen molar-refractivity contribution in [3.05, 3.63) is 35.4 Å². The summed E-state index contributed by atoms with van der Waals surface area (Å²) in [4.78, 5) is 14.1. The summed E-state index contributed by atoms with van der Waals surface area (Å²) < 4.78 is 0. The molecule has 1 aromatic rings. The topological polar surface area (TPSA) is 68.2 Å². The summed E-state index contributed by atoms with van der Waals surface area (Å²) in [7, 11) is 2.10. The molecule has 0 aliphatic carbocycles. The summed E-state index contributed by atoms with van der Waals surface area (Å²) in [5.41, 5.74) is 1.54. The molecule has 1 aliphatic rings. The highest BCUT2D eigenvalue weighted by atomic mass is 16.2. The number of amides is 2. The number of nitriles is 1. The van der Waals surface area contributed by atoms with Gasteiger partial charge in [0.25, 0.3) is 0 Å². The van der Waals surface area contributed by atoms with Crippen LogP contribution in [0.15, 0.2) is 24.3 Å². The van der Waals surface area contributed by atoms with Gasteiger partial charge in [-0.05, 0) is 50.7 Å². The zero-order valence-electron chi connectivity index (χ0n) is 11.7. The van der Waals surface area contributed by atoms with Gasteiger partial charge in [0, 0.05) is 12.6 Å². The molecule has 0 radical (unpaired) electrons. The first-order valence-corrected chi connectivity index (χ1v) is 6.89. The standard InChI is InChI=1S/C15H20N4O/c1-19-7-5-14(6-8-19)18-15(20)17-11-13-4-2-3-12(9-13)10-16/h2-4,9,14H,5-8,11H2,1H3,(H2,17,18,20). The second kappa shape index (κ2) is 6.92. The van der Waals surface area contributed by atoms with Gasteiger partial charge in [-0.2, -0.15) is 5.26 Å². The highest BCUT2D eigenvalue weighted by Crippen LogP contribution is 2.08. The van der Waals surface area contributed by atoms with Crippen LogP contribution in [0.3, 0.4) is 0 Å². The van der Waals surface area contributed by atoms with Crippen LogP contribution in [0.2, 0.25) is 0 Å². The molecule has 1 saturated heterocycles. The molecule has 0 bridgehead atoms. The van der Waals surface area contributed by atoms with Crippen molar-refractivity contribution in [1.29, 1.82) is 5.26 Å². The number of nitrogens with zero attached hydrogens (tertiary/aromatic N) is 2. The Morgan fingerprint density at radius 1 is 1.45 bits per heavy atom. The number of hydrogen-bond acceptors (Lipinski definition) is 3. The van der Waals surface area contributed by atoms with Crippen molar-refractivity contribution in [2.45, 2.75) is 25.4 Å². The third-order valence-corrected chi connectivity index (χ3v) is 3.56. The molecule has 1 aliphatic heterocycles. The molecule has 2 rings (SSSR count). The number of benzene rings is 1. The Balaban J connectivity index is 1.76. The van der Waals surface area contributed by atoms with Crippen molar-refractivity contribution in [3.8, 4) is 6.07 Å². The van der Waals surface area contributed by atoms with Gasteiger partial charge in [-0.3, -0.25) is 0 Å². The van der Waals surface area contributed by atoms with Crippen LogP contribution in [0.1, 0.15) is 24.0 Å². The number of nitrogens with one attached hydrogen (secondary N) is 2. The third-order valence-electron chi connectivity index (χ3n) is 3.56. The molecule has 0 aromatic heterocycles. The van der Waals surface area contributed by atoms with Gasteiger partial charge in [-0.15, -0.1) is 0 Å². The quantitative estimate of drug-likeness (QED) is 0.875. The Hall–Kier alpha value is -2.06. The van der Waals surface area contributed by atoms with Crippen LogP contribution in [-0.2, 0) is 6.54 Å². The first kappa shape index (κ1) is 14.4. The van der Waals surface area contributed by atoms with E-state index in [1.54, 1.807) is 12.1 Å². The van der Waals surface area contributed by atoms with E-state index in [4.69, 9.17) is 5.26 Å². The molecule has 1 heterocycles. The smallest absolute Gasteiger partial charge is 0.315 e. The normalized spacial score (nSPS) is 16.4. The van der Waals surface area contributed by atoms with Gasteiger partial charge in [0.15, 0.2) is 0 Å². The SMILES string of the molecule is CN1CCC(NC(=O)NCc2cccc(C#N)c2)CC1. The summed E-state index contributed by atoms with van der Waals surface area (Å²) in [5, 5.41) is 14.7. The van der Waals surface area contributed by atoms with Gasteiger partial charge >= 0.3 is 6.03 Å². The van der Waals surface area contributed by atoms with Crippen LogP contribution in [0.25, 0.3) is 0 Å². The highest BCUT2D eigenvalue weighted by Gasteiger charge is 2.17. The molecule has 0 unspecified atom stereocenters. The van der Waals surface area contributed by atoms with E-state index < -0.39 is 0 Å². The molecule has 106 valence electrons. The molecule has 5 nitrogen and oxygen atoms in total. The van der Waals surface area contributed by atoms with Gasteiger partial charge in [0.05, 0.1) is 11.6 Å². The van der Waals surface area contributed by atoms with E-state index in [-0.39, 0.29) is 12.1 Å². The summed E-state index contributed by atoms with van der Waals surface area (Å²) in [6.45, 7) is 2.48. The largest absolute Gasteiger partial charge is 0.335 e. The minimum atomic E-state index is -0.137. The summed E-state index contributed by atoms with van der Waals surface area (Å²) >= 11 is 0. The first-order valence-electron chi connectivity index (χ1n) is 6.89. The molecule has 20 heavy (non-hydrogen) atoms. The van der Waals surface area contributed by atoms with Crippen molar-refractivity contribution in [2.75, 3.05) is 20.1 Å². The fourth-order valence-electron chi connectivity index (χ4n) is 2.32. The van der Waals surface area contributed by atoms with E-state index in [1.165, 1.54) is 0 Å². The Morgan fingerprint density at radius 3 is 2.90 bits per heavy atom. The van der Waals surface area contributed by atoms with Gasteiger partial charge in [0.1, 0.15) is 0 Å². The highest BCUT2D eigenvalue weighted by molar-refractivity contribution is 5.74. The molecule has 2 N–H and O–H groups in total. The molecule has 1 aromatic carbocycles. The average molecular weight is 272 g/mol. The second-order valence-corrected chi connectivity index (χ2v) is 5.22. The average Bonchev–Trinajstić information content (AvgIpc) is 2.48. The van der Waals surface area contributed by atoms with E-state index in [1.807, 2.05) is 12.1 Å². The number of carbonyl (C=O) groups excluding carboxylic acids is 1. The number of hydrogen-bond donors (Lipinski definition) is 2. The summed E-state index contributed by atoms with van der Waals surface area (Å²) in [5.74, 6) is 0. The molecular weight excluding hydrogens is 252 g/mol. The van der Waals surface area contributed by atoms with Crippen LogP contribution in [-0.4, -0.2) is 37.1 Å². The Labute approximate surface area is 119 Å². The van der Waals surface area contributed by atoms with E-state index in [2.05, 4.69) is 28.7 Å². The van der Waals surface area contributed by atoms with E-state index >= 15 is 0 Å². The number of likely N-dealkylation sites (tertiary alicyclic amines) is 1. The van der Waals surface area contributed by atoms with Gasteiger partial charge in [-0.25, -0.2) is 4.79 Å². The van der Waals surface area contributed by atoms with Crippen molar-refractivity contribution >= 4 is 6.03 Å². The lowest BCUT2D eigenvalue weighted by Gasteiger charge is -2.29. The predicted octanol–water partition coefficient (Wildman–Crippen LogP) is 1.45. The maximum atomic E-state index is 11.8. The predicted molar refractivity (Wildman–Crippen MR) is 77.0 cm³/mol. The molecule has 1 fully saturated rings. The molecule has 0 atom stereocenters. The zero-order valence-corrected chi connectivity index (χ0v) is 11.7. The van der Waals surface area contributed by atoms with Crippen molar-refractivity contribution in [3.63, 3.8) is 0 Å². The molecule has 2 amide bonds. The molecule has 5 heteroatoms. The number of urea groups is 1. The lowest BCUT2D eigenvalue weighted by Crippen LogP contribution is -2.46. The minimum Gasteiger partial charge on any atom is -0.335 e. The minimum absolute atomic E-state index is 0.137. The number of carbonyl (C=O) groups is 1. The fraction of sp³-hybridized carbons (Fsp3) is 0.467. The van der Waals surface area contributed by atoms with Crippen LogP contribution in [0.5, 0.6) is 0 Å². The van der Waals surface area contributed by atoms with Gasteiger partial charge < -0.3 is 15.5 Å². The van der Waals surface area contributed by atoms with Crippen molar-refractivity contribution < 1.29 is 4.79 Å². The first-order chi connectivity index (χ1) is 9.67. The van der Waals surface area contributed by atoms with Crippen LogP contribution >= 0.6 is 0 Å². The van der Waals surface area contributed by atoms with Crippen molar-refractivity contribution in [2.24, 2.45) is 0 Å². The monoisotopic (exact) mass is 272 g/mol. The van der Waals surface area contributed by atoms with Gasteiger partial charge in [0.2, 0.25) is 0 Å². The third kappa shape index (κ3) is 4.25. The maximum absolute atomic E-state index is 11.8. The van der Waals surface area contributed by atoms with E-state index in [0.717, 1.165) is 31.5 Å². The number of piperidine rings is 1. The van der Waals surface area contributed by atoms with Gasteiger partial charge in [-0.1, -0.05) is 12.1 Å². The molecule has 0 saturated carbocycles. The van der Waals surface area contributed by atoms with Crippen LogP contribution < -0.4 is 10.6 Å². The lowest BCUT2D eigenvalue weighted by atomic mass is 10.1. The summed E-state index contributed by atoms with van der Waals surface area (Å²) in [6.07, 6.45) is 1.99. The maximum Gasteiger partial charge on any atom is 0.315 e. The number of rotatable bonds is 3. The summed E-state index contributed by atoms with van der Waals surface area (Å²) in [6, 6.07) is 9.48. The molecule has 0 spiro atoms. The Kier molecular flexibility index (Phi) is 4.97. The molecular formula is C15H20N4O. The van der Waals surface area contributed by atoms with Crippen LogP contribution in [0.4, 0.5) is 4.79 Å².